The highest BCUT2D eigenvalue weighted by Crippen LogP contribution is 2.19. The molecule has 0 aliphatic heterocycles. The van der Waals surface area contributed by atoms with Crippen molar-refractivity contribution in [2.75, 3.05) is 0 Å². The smallest absolute Gasteiger partial charge is 0.275 e. The number of halogens is 1. The standard InChI is InChI=1S/C23H21FN4O2/c1-13-4-5-17(10-14(13)2)21-26-23(30)20-11-18(12-28(20)27-21)22(29)25-15(3)16-6-8-19(24)9-7-16/h4-12,15H,1-3H3,(H,25,29)(H,26,27,30)/t15-/m1/s1. The van der Waals surface area contributed by atoms with E-state index in [9.17, 15) is 14.0 Å². The van der Waals surface area contributed by atoms with Crippen LogP contribution in [0.3, 0.4) is 0 Å². The van der Waals surface area contributed by atoms with Gasteiger partial charge in [0.05, 0.1) is 11.6 Å². The summed E-state index contributed by atoms with van der Waals surface area (Å²) in [6, 6.07) is 13.0. The predicted molar refractivity (Wildman–Crippen MR) is 113 cm³/mol. The van der Waals surface area contributed by atoms with Crippen LogP contribution in [0.2, 0.25) is 0 Å². The first kappa shape index (κ1) is 19.6. The Labute approximate surface area is 172 Å². The number of rotatable bonds is 4. The van der Waals surface area contributed by atoms with Crippen LogP contribution in [-0.4, -0.2) is 20.5 Å². The van der Waals surface area contributed by atoms with Gasteiger partial charge in [0.2, 0.25) is 0 Å². The number of hydrogen-bond donors (Lipinski definition) is 2. The second-order valence-corrected chi connectivity index (χ2v) is 7.41. The van der Waals surface area contributed by atoms with Gasteiger partial charge in [0.25, 0.3) is 11.5 Å². The molecule has 0 saturated heterocycles. The van der Waals surface area contributed by atoms with Gasteiger partial charge in [-0.3, -0.25) is 9.59 Å². The summed E-state index contributed by atoms with van der Waals surface area (Å²) in [5.41, 5.74) is 4.09. The van der Waals surface area contributed by atoms with E-state index in [2.05, 4.69) is 15.4 Å². The van der Waals surface area contributed by atoms with Gasteiger partial charge >= 0.3 is 0 Å². The van der Waals surface area contributed by atoms with E-state index in [4.69, 9.17) is 0 Å². The van der Waals surface area contributed by atoms with Crippen molar-refractivity contribution in [1.29, 1.82) is 0 Å². The Morgan fingerprint density at radius 1 is 1.10 bits per heavy atom. The highest BCUT2D eigenvalue weighted by Gasteiger charge is 2.16. The van der Waals surface area contributed by atoms with Crippen molar-refractivity contribution in [3.8, 4) is 11.4 Å². The highest BCUT2D eigenvalue weighted by molar-refractivity contribution is 5.95. The third kappa shape index (κ3) is 3.74. The molecule has 1 amide bonds. The highest BCUT2D eigenvalue weighted by atomic mass is 19.1. The van der Waals surface area contributed by atoms with Crippen molar-refractivity contribution in [1.82, 2.24) is 19.9 Å². The molecule has 0 unspecified atom stereocenters. The molecule has 4 aromatic rings. The lowest BCUT2D eigenvalue weighted by Gasteiger charge is -2.13. The van der Waals surface area contributed by atoms with E-state index in [0.29, 0.717) is 11.4 Å². The van der Waals surface area contributed by atoms with Gasteiger partial charge in [-0.1, -0.05) is 24.3 Å². The third-order valence-electron chi connectivity index (χ3n) is 5.23. The number of fused-ring (bicyclic) bond motifs is 1. The minimum Gasteiger partial charge on any atom is -0.345 e. The van der Waals surface area contributed by atoms with E-state index in [1.54, 1.807) is 12.1 Å². The van der Waals surface area contributed by atoms with Gasteiger partial charge in [-0.15, -0.1) is 5.10 Å². The largest absolute Gasteiger partial charge is 0.345 e. The van der Waals surface area contributed by atoms with Gasteiger partial charge in [0.1, 0.15) is 11.3 Å². The van der Waals surface area contributed by atoms with E-state index in [1.807, 2.05) is 39.0 Å². The van der Waals surface area contributed by atoms with Gasteiger partial charge in [-0.2, -0.15) is 0 Å². The van der Waals surface area contributed by atoms with Crippen LogP contribution in [0, 0.1) is 19.7 Å². The van der Waals surface area contributed by atoms with Gasteiger partial charge in [-0.25, -0.2) is 8.91 Å². The summed E-state index contributed by atoms with van der Waals surface area (Å²) in [6.07, 6.45) is 1.53. The summed E-state index contributed by atoms with van der Waals surface area (Å²) in [7, 11) is 0. The van der Waals surface area contributed by atoms with Crippen molar-refractivity contribution in [2.24, 2.45) is 0 Å². The first-order chi connectivity index (χ1) is 14.3. The van der Waals surface area contributed by atoms with Crippen molar-refractivity contribution in [3.63, 3.8) is 0 Å². The Bertz CT molecular complexity index is 1310. The average molecular weight is 404 g/mol. The summed E-state index contributed by atoms with van der Waals surface area (Å²) < 4.78 is 14.5. The second kappa shape index (κ2) is 7.59. The monoisotopic (exact) mass is 404 g/mol. The normalized spacial score (nSPS) is 12.1. The molecule has 7 heteroatoms. The number of H-pyrrole nitrogens is 1. The number of aromatic nitrogens is 3. The quantitative estimate of drug-likeness (QED) is 0.541. The molecule has 2 aromatic heterocycles. The molecule has 1 atom stereocenters. The number of nitrogens with one attached hydrogen (secondary N) is 2. The van der Waals surface area contributed by atoms with E-state index in [-0.39, 0.29) is 28.8 Å². The summed E-state index contributed by atoms with van der Waals surface area (Å²) in [5, 5.41) is 7.32. The Morgan fingerprint density at radius 2 is 1.83 bits per heavy atom. The van der Waals surface area contributed by atoms with E-state index in [0.717, 1.165) is 22.3 Å². The van der Waals surface area contributed by atoms with Crippen molar-refractivity contribution >= 4 is 11.4 Å². The number of carbonyl (C=O) groups is 1. The fraction of sp³-hybridized carbons (Fsp3) is 0.174. The summed E-state index contributed by atoms with van der Waals surface area (Å²) >= 11 is 0. The van der Waals surface area contributed by atoms with Crippen LogP contribution in [0.5, 0.6) is 0 Å². The maximum Gasteiger partial charge on any atom is 0.275 e. The molecule has 2 heterocycles. The van der Waals surface area contributed by atoms with Crippen LogP contribution in [-0.2, 0) is 0 Å². The molecule has 0 fully saturated rings. The Hall–Kier alpha value is -3.74. The number of aryl methyl sites for hydroxylation is 2. The molecule has 152 valence electrons. The maximum absolute atomic E-state index is 13.1. The molecule has 2 N–H and O–H groups in total. The molecule has 6 nitrogen and oxygen atoms in total. The zero-order chi connectivity index (χ0) is 21.4. The Kier molecular flexibility index (Phi) is 4.95. The Balaban J connectivity index is 1.63. The molecule has 0 saturated carbocycles. The van der Waals surface area contributed by atoms with E-state index < -0.39 is 0 Å². The number of carbonyl (C=O) groups excluding carboxylic acids is 1. The van der Waals surface area contributed by atoms with Crippen LogP contribution in [0.25, 0.3) is 16.9 Å². The SMILES string of the molecule is Cc1ccc(-c2nn3cc(C(=O)N[C@H](C)c4ccc(F)cc4)cc3c(=O)[nH]2)cc1C. The molecule has 0 aliphatic rings. The summed E-state index contributed by atoms with van der Waals surface area (Å²) in [4.78, 5) is 28.0. The van der Waals surface area contributed by atoms with Gasteiger partial charge in [0.15, 0.2) is 5.82 Å². The molecular weight excluding hydrogens is 383 g/mol. The van der Waals surface area contributed by atoms with Crippen molar-refractivity contribution < 1.29 is 9.18 Å². The minimum atomic E-state index is -0.343. The number of aromatic amines is 1. The first-order valence-corrected chi connectivity index (χ1v) is 9.58. The molecule has 0 radical (unpaired) electrons. The fourth-order valence-electron chi connectivity index (χ4n) is 3.27. The number of benzene rings is 2. The van der Waals surface area contributed by atoms with Crippen molar-refractivity contribution in [3.05, 3.63) is 93.2 Å². The number of hydrogen-bond acceptors (Lipinski definition) is 3. The van der Waals surface area contributed by atoms with E-state index in [1.165, 1.54) is 28.9 Å². The second-order valence-electron chi connectivity index (χ2n) is 7.41. The van der Waals surface area contributed by atoms with Gasteiger partial charge in [0, 0.05) is 11.8 Å². The van der Waals surface area contributed by atoms with Crippen molar-refractivity contribution in [2.45, 2.75) is 26.8 Å². The van der Waals surface area contributed by atoms with Crippen LogP contribution in [0.15, 0.2) is 59.5 Å². The maximum atomic E-state index is 13.1. The fourth-order valence-corrected chi connectivity index (χ4v) is 3.27. The molecule has 0 bridgehead atoms. The molecular formula is C23H21FN4O2. The van der Waals surface area contributed by atoms with Gasteiger partial charge < -0.3 is 10.3 Å². The number of amides is 1. The van der Waals surface area contributed by atoms with Crippen LogP contribution in [0.1, 0.15) is 40.0 Å². The van der Waals surface area contributed by atoms with Crippen LogP contribution < -0.4 is 10.9 Å². The van der Waals surface area contributed by atoms with E-state index >= 15 is 0 Å². The topological polar surface area (TPSA) is 79.3 Å². The molecule has 0 aliphatic carbocycles. The third-order valence-corrected chi connectivity index (χ3v) is 5.23. The predicted octanol–water partition coefficient (Wildman–Crippen LogP) is 3.94. The van der Waals surface area contributed by atoms with Crippen LogP contribution in [0.4, 0.5) is 4.39 Å². The Morgan fingerprint density at radius 3 is 2.53 bits per heavy atom. The number of nitrogens with zero attached hydrogens (tertiary/aromatic N) is 2. The minimum absolute atomic E-state index is 0.280. The van der Waals surface area contributed by atoms with Gasteiger partial charge in [-0.05, 0) is 61.7 Å². The lowest BCUT2D eigenvalue weighted by atomic mass is 10.1. The lowest BCUT2D eigenvalue weighted by molar-refractivity contribution is 0.0940. The first-order valence-electron chi connectivity index (χ1n) is 9.58. The zero-order valence-corrected chi connectivity index (χ0v) is 16.9. The average Bonchev–Trinajstić information content (AvgIpc) is 3.15. The molecule has 30 heavy (non-hydrogen) atoms. The lowest BCUT2D eigenvalue weighted by Crippen LogP contribution is -2.26. The molecule has 4 rings (SSSR count). The van der Waals surface area contributed by atoms with Crippen LogP contribution >= 0.6 is 0 Å². The zero-order valence-electron chi connectivity index (χ0n) is 16.9. The summed E-state index contributed by atoms with van der Waals surface area (Å²) in [5.74, 6) is -0.247. The molecule has 0 spiro atoms. The molecule has 2 aromatic carbocycles. The summed E-state index contributed by atoms with van der Waals surface area (Å²) in [6.45, 7) is 5.82.